The number of hydrogen-bond acceptors (Lipinski definition) is 4. The maximum atomic E-state index is 12.3. The summed E-state index contributed by atoms with van der Waals surface area (Å²) in [6.45, 7) is 0.739. The fraction of sp³-hybridized carbons (Fsp3) is 0.235. The van der Waals surface area contributed by atoms with Gasteiger partial charge in [-0.15, -0.1) is 0 Å². The molecule has 0 bridgehead atoms. The van der Waals surface area contributed by atoms with Crippen molar-refractivity contribution in [1.29, 1.82) is 0 Å². The van der Waals surface area contributed by atoms with Crippen molar-refractivity contribution < 1.29 is 19.0 Å². The average Bonchev–Trinajstić information content (AvgIpc) is 2.59. The summed E-state index contributed by atoms with van der Waals surface area (Å²) in [7, 11) is 3.09. The quantitative estimate of drug-likeness (QED) is 0.504. The molecule has 128 valence electrons. The molecule has 0 saturated carbocycles. The van der Waals surface area contributed by atoms with Crippen LogP contribution in [0, 0.1) is 3.57 Å². The van der Waals surface area contributed by atoms with Gasteiger partial charge in [-0.05, 0) is 59.0 Å². The number of amides is 1. The molecule has 0 aromatic heterocycles. The summed E-state index contributed by atoms with van der Waals surface area (Å²) in [4.78, 5) is 12.3. The first-order valence-electron chi connectivity index (χ1n) is 7.13. The molecular formula is C17H17ClINO4. The number of rotatable bonds is 7. The topological polar surface area (TPSA) is 56.8 Å². The summed E-state index contributed by atoms with van der Waals surface area (Å²) >= 11 is 7.90. The summed E-state index contributed by atoms with van der Waals surface area (Å²) in [6.07, 6.45) is 0. The minimum absolute atomic E-state index is 0.194. The molecule has 0 saturated heterocycles. The SMILES string of the molecule is COc1cc(I)c(C(=O)NCCOc2ccc(Cl)cc2)cc1OC. The first kappa shape index (κ1) is 18.7. The molecule has 0 spiro atoms. The lowest BCUT2D eigenvalue weighted by Crippen LogP contribution is -2.28. The number of methoxy groups -OCH3 is 2. The maximum absolute atomic E-state index is 12.3. The largest absolute Gasteiger partial charge is 0.493 e. The van der Waals surface area contributed by atoms with Crippen LogP contribution < -0.4 is 19.5 Å². The molecule has 2 aromatic rings. The standard InChI is InChI=1S/C17H17ClINO4/c1-22-15-9-13(14(19)10-16(15)23-2)17(21)20-7-8-24-12-5-3-11(18)4-6-12/h3-6,9-10H,7-8H2,1-2H3,(H,20,21). The van der Waals surface area contributed by atoms with E-state index in [1.54, 1.807) is 43.5 Å². The monoisotopic (exact) mass is 461 g/mol. The van der Waals surface area contributed by atoms with Gasteiger partial charge < -0.3 is 19.5 Å². The number of halogens is 2. The molecule has 0 aliphatic carbocycles. The minimum Gasteiger partial charge on any atom is -0.493 e. The molecule has 2 rings (SSSR count). The van der Waals surface area contributed by atoms with Crippen LogP contribution >= 0.6 is 34.2 Å². The molecule has 0 atom stereocenters. The van der Waals surface area contributed by atoms with Crippen LogP contribution in [0.2, 0.25) is 5.02 Å². The lowest BCUT2D eigenvalue weighted by molar-refractivity contribution is 0.0945. The Morgan fingerprint density at radius 1 is 1.12 bits per heavy atom. The highest BCUT2D eigenvalue weighted by molar-refractivity contribution is 14.1. The normalized spacial score (nSPS) is 10.2. The molecule has 2 aromatic carbocycles. The van der Waals surface area contributed by atoms with E-state index in [1.165, 1.54) is 7.11 Å². The third kappa shape index (κ3) is 4.91. The van der Waals surface area contributed by atoms with Crippen molar-refractivity contribution in [2.75, 3.05) is 27.4 Å². The second-order valence-corrected chi connectivity index (χ2v) is 6.34. The van der Waals surface area contributed by atoms with Gasteiger partial charge in [0, 0.05) is 8.59 Å². The number of benzene rings is 2. The zero-order chi connectivity index (χ0) is 17.5. The van der Waals surface area contributed by atoms with E-state index in [9.17, 15) is 4.79 Å². The van der Waals surface area contributed by atoms with E-state index in [2.05, 4.69) is 27.9 Å². The Morgan fingerprint density at radius 2 is 1.75 bits per heavy atom. The molecule has 1 N–H and O–H groups in total. The Hall–Kier alpha value is -1.67. The fourth-order valence-electron chi connectivity index (χ4n) is 1.99. The first-order valence-corrected chi connectivity index (χ1v) is 8.59. The van der Waals surface area contributed by atoms with Crippen LogP contribution in [0.1, 0.15) is 10.4 Å². The second-order valence-electron chi connectivity index (χ2n) is 4.75. The molecule has 0 unspecified atom stereocenters. The molecule has 0 heterocycles. The summed E-state index contributed by atoms with van der Waals surface area (Å²) in [5.41, 5.74) is 0.528. The second kappa shape index (κ2) is 8.98. The summed E-state index contributed by atoms with van der Waals surface area (Å²) in [5, 5.41) is 3.47. The Bertz CT molecular complexity index is 706. The van der Waals surface area contributed by atoms with Gasteiger partial charge >= 0.3 is 0 Å². The van der Waals surface area contributed by atoms with Gasteiger partial charge in [0.25, 0.3) is 5.91 Å². The molecule has 0 radical (unpaired) electrons. The molecule has 24 heavy (non-hydrogen) atoms. The molecule has 0 fully saturated rings. The number of hydrogen-bond donors (Lipinski definition) is 1. The Morgan fingerprint density at radius 3 is 2.38 bits per heavy atom. The van der Waals surface area contributed by atoms with E-state index in [0.29, 0.717) is 41.0 Å². The van der Waals surface area contributed by atoms with Crippen LogP contribution in [0.4, 0.5) is 0 Å². The summed E-state index contributed by atoms with van der Waals surface area (Å²) in [6, 6.07) is 10.5. The molecule has 0 aliphatic rings. The summed E-state index contributed by atoms with van der Waals surface area (Å²) < 4.78 is 16.8. The molecule has 7 heteroatoms. The Labute approximate surface area is 159 Å². The fourth-order valence-corrected chi connectivity index (χ4v) is 2.80. The van der Waals surface area contributed by atoms with E-state index in [0.717, 1.165) is 3.57 Å². The summed E-state index contributed by atoms with van der Waals surface area (Å²) in [5.74, 6) is 1.61. The van der Waals surface area contributed by atoms with Gasteiger partial charge in [-0.3, -0.25) is 4.79 Å². The van der Waals surface area contributed by atoms with Gasteiger partial charge in [-0.2, -0.15) is 0 Å². The molecule has 5 nitrogen and oxygen atoms in total. The third-order valence-corrected chi connectivity index (χ3v) is 4.33. The highest BCUT2D eigenvalue weighted by Gasteiger charge is 2.15. The van der Waals surface area contributed by atoms with Gasteiger partial charge in [0.15, 0.2) is 11.5 Å². The van der Waals surface area contributed by atoms with Crippen LogP contribution in [0.15, 0.2) is 36.4 Å². The number of carbonyl (C=O) groups is 1. The first-order chi connectivity index (χ1) is 11.5. The molecule has 0 aliphatic heterocycles. The predicted octanol–water partition coefficient (Wildman–Crippen LogP) is 3.77. The van der Waals surface area contributed by atoms with E-state index >= 15 is 0 Å². The van der Waals surface area contributed by atoms with Crippen LogP contribution in [0.3, 0.4) is 0 Å². The number of carbonyl (C=O) groups excluding carboxylic acids is 1. The van der Waals surface area contributed by atoms with Crippen LogP contribution in [0.5, 0.6) is 17.2 Å². The lowest BCUT2D eigenvalue weighted by atomic mass is 10.2. The van der Waals surface area contributed by atoms with Gasteiger partial charge in [0.1, 0.15) is 12.4 Å². The van der Waals surface area contributed by atoms with Crippen LogP contribution in [-0.4, -0.2) is 33.3 Å². The van der Waals surface area contributed by atoms with Crippen molar-refractivity contribution >= 4 is 40.1 Å². The van der Waals surface area contributed by atoms with E-state index in [1.807, 2.05) is 0 Å². The van der Waals surface area contributed by atoms with Crippen molar-refractivity contribution in [1.82, 2.24) is 5.32 Å². The van der Waals surface area contributed by atoms with Crippen molar-refractivity contribution in [3.8, 4) is 17.2 Å². The van der Waals surface area contributed by atoms with Gasteiger partial charge in [-0.1, -0.05) is 11.6 Å². The average molecular weight is 462 g/mol. The predicted molar refractivity (Wildman–Crippen MR) is 102 cm³/mol. The van der Waals surface area contributed by atoms with Crippen molar-refractivity contribution in [3.63, 3.8) is 0 Å². The van der Waals surface area contributed by atoms with Gasteiger partial charge in [0.05, 0.1) is 26.3 Å². The zero-order valence-electron chi connectivity index (χ0n) is 13.3. The molecular weight excluding hydrogens is 445 g/mol. The van der Waals surface area contributed by atoms with Gasteiger partial charge in [0.2, 0.25) is 0 Å². The van der Waals surface area contributed by atoms with Gasteiger partial charge in [-0.25, -0.2) is 0 Å². The number of ether oxygens (including phenoxy) is 3. The van der Waals surface area contributed by atoms with Crippen LogP contribution in [0.25, 0.3) is 0 Å². The minimum atomic E-state index is -0.194. The highest BCUT2D eigenvalue weighted by atomic mass is 127. The highest BCUT2D eigenvalue weighted by Crippen LogP contribution is 2.31. The Balaban J connectivity index is 1.91. The van der Waals surface area contributed by atoms with E-state index in [4.69, 9.17) is 25.8 Å². The smallest absolute Gasteiger partial charge is 0.252 e. The zero-order valence-corrected chi connectivity index (χ0v) is 16.2. The Kier molecular flexibility index (Phi) is 6.99. The maximum Gasteiger partial charge on any atom is 0.252 e. The van der Waals surface area contributed by atoms with Crippen molar-refractivity contribution in [2.24, 2.45) is 0 Å². The lowest BCUT2D eigenvalue weighted by Gasteiger charge is -2.12. The van der Waals surface area contributed by atoms with E-state index < -0.39 is 0 Å². The van der Waals surface area contributed by atoms with Crippen molar-refractivity contribution in [2.45, 2.75) is 0 Å². The third-order valence-electron chi connectivity index (χ3n) is 3.19. The van der Waals surface area contributed by atoms with E-state index in [-0.39, 0.29) is 5.91 Å². The van der Waals surface area contributed by atoms with Crippen LogP contribution in [-0.2, 0) is 0 Å². The van der Waals surface area contributed by atoms with Crippen molar-refractivity contribution in [3.05, 3.63) is 50.6 Å². The number of nitrogens with one attached hydrogen (secondary N) is 1. The molecule has 1 amide bonds.